The summed E-state index contributed by atoms with van der Waals surface area (Å²) >= 11 is 1.67. The number of urea groups is 1. The highest BCUT2D eigenvalue weighted by Crippen LogP contribution is 2.42. The molecule has 1 fully saturated rings. The van der Waals surface area contributed by atoms with Crippen molar-refractivity contribution in [2.75, 3.05) is 0 Å². The van der Waals surface area contributed by atoms with Crippen LogP contribution in [0.25, 0.3) is 0 Å². The van der Waals surface area contributed by atoms with E-state index in [4.69, 9.17) is 0 Å². The van der Waals surface area contributed by atoms with Crippen molar-refractivity contribution in [3.63, 3.8) is 0 Å². The zero-order chi connectivity index (χ0) is 16.0. The smallest absolute Gasteiger partial charge is 0.319 e. The van der Waals surface area contributed by atoms with Gasteiger partial charge in [0, 0.05) is 10.4 Å². The third-order valence-electron chi connectivity index (χ3n) is 4.80. The second-order valence-corrected chi connectivity index (χ2v) is 7.32. The number of rotatable bonds is 2. The third-order valence-corrected chi connectivity index (χ3v) is 5.78. The molecule has 1 aliphatic carbocycles. The number of imide groups is 1. The summed E-state index contributed by atoms with van der Waals surface area (Å²) in [6, 6.07) is 9.65. The first-order chi connectivity index (χ1) is 11.1. The fraction of sp³-hybridized carbons (Fsp3) is 0.333. The van der Waals surface area contributed by atoms with Crippen LogP contribution in [0.4, 0.5) is 4.79 Å². The second-order valence-electron chi connectivity index (χ2n) is 6.32. The van der Waals surface area contributed by atoms with Gasteiger partial charge in [0.05, 0.1) is 6.54 Å². The van der Waals surface area contributed by atoms with Gasteiger partial charge in [-0.15, -0.1) is 11.3 Å². The molecule has 1 aliphatic heterocycles. The van der Waals surface area contributed by atoms with Crippen molar-refractivity contribution in [2.24, 2.45) is 0 Å². The van der Waals surface area contributed by atoms with Gasteiger partial charge in [0.15, 0.2) is 0 Å². The molecule has 0 unspecified atom stereocenters. The Labute approximate surface area is 139 Å². The Hall–Kier alpha value is -2.14. The molecule has 2 aliphatic rings. The van der Waals surface area contributed by atoms with E-state index >= 15 is 0 Å². The fourth-order valence-electron chi connectivity index (χ4n) is 3.56. The number of fused-ring (bicyclic) bond motifs is 2. The lowest BCUT2D eigenvalue weighted by atomic mass is 9.80. The van der Waals surface area contributed by atoms with E-state index in [2.05, 4.69) is 5.32 Å². The van der Waals surface area contributed by atoms with E-state index in [0.29, 0.717) is 13.0 Å². The first-order valence-corrected chi connectivity index (χ1v) is 8.75. The van der Waals surface area contributed by atoms with Crippen LogP contribution in [0.1, 0.15) is 34.4 Å². The first-order valence-electron chi connectivity index (χ1n) is 7.87. The normalized spacial score (nSPS) is 23.3. The van der Waals surface area contributed by atoms with Gasteiger partial charge in [-0.25, -0.2) is 4.79 Å². The molecule has 23 heavy (non-hydrogen) atoms. The predicted molar refractivity (Wildman–Crippen MR) is 89.2 cm³/mol. The molecule has 118 valence electrons. The van der Waals surface area contributed by atoms with Crippen LogP contribution in [0.15, 0.2) is 35.7 Å². The molecule has 5 heteroatoms. The lowest BCUT2D eigenvalue weighted by Crippen LogP contribution is -2.46. The molecule has 0 radical (unpaired) electrons. The predicted octanol–water partition coefficient (Wildman–Crippen LogP) is 3.34. The monoisotopic (exact) mass is 326 g/mol. The maximum Gasteiger partial charge on any atom is 0.325 e. The van der Waals surface area contributed by atoms with Crippen molar-refractivity contribution in [2.45, 2.75) is 38.3 Å². The van der Waals surface area contributed by atoms with Crippen molar-refractivity contribution < 1.29 is 9.59 Å². The van der Waals surface area contributed by atoms with Crippen molar-refractivity contribution in [3.8, 4) is 0 Å². The lowest BCUT2D eigenvalue weighted by Gasteiger charge is -2.31. The second kappa shape index (κ2) is 5.20. The van der Waals surface area contributed by atoms with Crippen molar-refractivity contribution >= 4 is 23.3 Å². The summed E-state index contributed by atoms with van der Waals surface area (Å²) in [5, 5.41) is 5.00. The highest BCUT2D eigenvalue weighted by molar-refractivity contribution is 7.10. The zero-order valence-electron chi connectivity index (χ0n) is 13.0. The molecule has 1 atom stereocenters. The minimum Gasteiger partial charge on any atom is -0.319 e. The molecule has 2 aromatic rings. The summed E-state index contributed by atoms with van der Waals surface area (Å²) in [6.07, 6.45) is 2.61. The third kappa shape index (κ3) is 2.18. The summed E-state index contributed by atoms with van der Waals surface area (Å²) in [5.41, 5.74) is 2.30. The molecular weight excluding hydrogens is 308 g/mol. The summed E-state index contributed by atoms with van der Waals surface area (Å²) in [6.45, 7) is 2.35. The summed E-state index contributed by atoms with van der Waals surface area (Å²) in [7, 11) is 0. The van der Waals surface area contributed by atoms with Gasteiger partial charge in [-0.05, 0) is 43.2 Å². The van der Waals surface area contributed by atoms with Gasteiger partial charge in [0.25, 0.3) is 5.91 Å². The number of carbonyl (C=O) groups excluding carboxylic acids is 2. The van der Waals surface area contributed by atoms with Gasteiger partial charge in [0.2, 0.25) is 0 Å². The Morgan fingerprint density at radius 1 is 1.22 bits per heavy atom. The number of nitrogens with one attached hydrogen (secondary N) is 1. The summed E-state index contributed by atoms with van der Waals surface area (Å²) < 4.78 is 0. The number of nitrogens with zero attached hydrogens (tertiary/aromatic N) is 1. The van der Waals surface area contributed by atoms with E-state index in [-0.39, 0.29) is 11.9 Å². The maximum absolute atomic E-state index is 13.1. The molecule has 0 saturated carbocycles. The topological polar surface area (TPSA) is 49.4 Å². The van der Waals surface area contributed by atoms with E-state index < -0.39 is 5.54 Å². The van der Waals surface area contributed by atoms with Gasteiger partial charge >= 0.3 is 6.03 Å². The van der Waals surface area contributed by atoms with Gasteiger partial charge in [-0.2, -0.15) is 0 Å². The van der Waals surface area contributed by atoms with E-state index in [1.807, 2.05) is 42.6 Å². The van der Waals surface area contributed by atoms with Gasteiger partial charge in [-0.1, -0.05) is 29.8 Å². The molecular formula is C18H18N2O2S. The van der Waals surface area contributed by atoms with Crippen LogP contribution in [0, 0.1) is 6.92 Å². The average molecular weight is 326 g/mol. The van der Waals surface area contributed by atoms with E-state index in [1.54, 1.807) is 11.3 Å². The minimum absolute atomic E-state index is 0.109. The summed E-state index contributed by atoms with van der Waals surface area (Å²) in [5.74, 6) is -0.109. The summed E-state index contributed by atoms with van der Waals surface area (Å²) in [4.78, 5) is 28.1. The highest BCUT2D eigenvalue weighted by Gasteiger charge is 2.54. The van der Waals surface area contributed by atoms with Crippen LogP contribution in [-0.2, 0) is 23.3 Å². The molecule has 3 amide bonds. The molecule has 2 heterocycles. The highest BCUT2D eigenvalue weighted by atomic mass is 32.1. The van der Waals surface area contributed by atoms with Crippen LogP contribution >= 0.6 is 11.3 Å². The quantitative estimate of drug-likeness (QED) is 0.861. The first kappa shape index (κ1) is 14.5. The minimum atomic E-state index is -0.838. The lowest BCUT2D eigenvalue weighted by molar-refractivity contribution is -0.132. The van der Waals surface area contributed by atoms with Crippen LogP contribution < -0.4 is 5.32 Å². The number of thiophene rings is 1. The molecule has 0 bridgehead atoms. The number of aryl methyl sites for hydroxylation is 2. The van der Waals surface area contributed by atoms with Crippen molar-refractivity contribution in [1.82, 2.24) is 10.2 Å². The molecule has 4 rings (SSSR count). The molecule has 1 N–H and O–H groups in total. The van der Waals surface area contributed by atoms with E-state index in [0.717, 1.165) is 29.5 Å². The van der Waals surface area contributed by atoms with Gasteiger partial charge in [-0.3, -0.25) is 9.69 Å². The van der Waals surface area contributed by atoms with Crippen LogP contribution in [-0.4, -0.2) is 16.8 Å². The number of hydrogen-bond donors (Lipinski definition) is 1. The number of amides is 3. The largest absolute Gasteiger partial charge is 0.325 e. The van der Waals surface area contributed by atoms with Gasteiger partial charge in [0.1, 0.15) is 5.54 Å². The number of carbonyl (C=O) groups is 2. The Morgan fingerprint density at radius 3 is 2.78 bits per heavy atom. The molecule has 1 spiro atoms. The van der Waals surface area contributed by atoms with Crippen molar-refractivity contribution in [1.29, 1.82) is 0 Å². The molecule has 1 aromatic heterocycles. The standard InChI is InChI=1S/C18H18N2O2S/c1-12-4-6-13(7-5-12)11-20-16(21)18(19-17(20)22)9-2-3-15-14(18)8-10-23-15/h4-8,10H,2-3,9,11H2,1H3,(H,19,22)/t18-/m1/s1. The fourth-order valence-corrected chi connectivity index (χ4v) is 4.56. The Morgan fingerprint density at radius 2 is 2.00 bits per heavy atom. The van der Waals surface area contributed by atoms with Gasteiger partial charge < -0.3 is 5.32 Å². The Balaban J connectivity index is 1.66. The van der Waals surface area contributed by atoms with Crippen LogP contribution in [0.3, 0.4) is 0 Å². The van der Waals surface area contributed by atoms with Crippen LogP contribution in [0.2, 0.25) is 0 Å². The number of hydrogen-bond acceptors (Lipinski definition) is 3. The SMILES string of the molecule is Cc1ccc(CN2C(=O)N[C@@]3(CCCc4sccc43)C2=O)cc1. The molecule has 4 nitrogen and oxygen atoms in total. The van der Waals surface area contributed by atoms with Crippen molar-refractivity contribution in [3.05, 3.63) is 57.3 Å². The Kier molecular flexibility index (Phi) is 3.27. The van der Waals surface area contributed by atoms with E-state index in [1.165, 1.54) is 9.78 Å². The van der Waals surface area contributed by atoms with Crippen LogP contribution in [0.5, 0.6) is 0 Å². The maximum atomic E-state index is 13.1. The zero-order valence-corrected chi connectivity index (χ0v) is 13.8. The average Bonchev–Trinajstić information content (AvgIpc) is 3.10. The van der Waals surface area contributed by atoms with E-state index in [9.17, 15) is 9.59 Å². The molecule has 1 saturated heterocycles. The number of benzene rings is 1. The Bertz CT molecular complexity index is 781. The molecule has 1 aromatic carbocycles.